The molecule has 0 saturated carbocycles. The van der Waals surface area contributed by atoms with Crippen LogP contribution in [-0.4, -0.2) is 50.8 Å². The van der Waals surface area contributed by atoms with E-state index in [1.165, 1.54) is 0 Å². The molecule has 1 atom stereocenters. The number of benzene rings is 2. The maximum Gasteiger partial charge on any atom is 0.254 e. The van der Waals surface area contributed by atoms with Gasteiger partial charge in [-0.15, -0.1) is 0 Å². The Kier molecular flexibility index (Phi) is 6.70. The average molecular weight is 470 g/mol. The summed E-state index contributed by atoms with van der Waals surface area (Å²) >= 11 is 0. The Morgan fingerprint density at radius 1 is 1.06 bits per heavy atom. The summed E-state index contributed by atoms with van der Waals surface area (Å²) in [5, 5.41) is 4.28. The number of hydrogen-bond donors (Lipinski definition) is 0. The van der Waals surface area contributed by atoms with E-state index >= 15 is 0 Å². The molecule has 35 heavy (non-hydrogen) atoms. The Labute approximate surface area is 204 Å². The van der Waals surface area contributed by atoms with Crippen molar-refractivity contribution in [2.75, 3.05) is 20.2 Å². The van der Waals surface area contributed by atoms with Crippen molar-refractivity contribution < 1.29 is 14.3 Å². The summed E-state index contributed by atoms with van der Waals surface area (Å²) in [5.74, 6) is 1.73. The van der Waals surface area contributed by atoms with Gasteiger partial charge in [-0.1, -0.05) is 30.3 Å². The highest BCUT2D eigenvalue weighted by Crippen LogP contribution is 2.32. The normalized spacial score (nSPS) is 15.6. The minimum atomic E-state index is 0.0341. The predicted octanol–water partition coefficient (Wildman–Crippen LogP) is 4.54. The highest BCUT2D eigenvalue weighted by Gasteiger charge is 2.28. The molecular formula is C27H27N5O3. The highest BCUT2D eigenvalue weighted by atomic mass is 16.5. The van der Waals surface area contributed by atoms with Gasteiger partial charge in [0.15, 0.2) is 11.5 Å². The number of rotatable bonds is 7. The number of amides is 1. The molecule has 1 aliphatic rings. The molecule has 0 radical (unpaired) electrons. The van der Waals surface area contributed by atoms with Crippen LogP contribution in [0.25, 0.3) is 0 Å². The van der Waals surface area contributed by atoms with Gasteiger partial charge in [-0.25, -0.2) is 4.98 Å². The fourth-order valence-electron chi connectivity index (χ4n) is 4.43. The van der Waals surface area contributed by atoms with Crippen LogP contribution in [-0.2, 0) is 6.54 Å². The van der Waals surface area contributed by atoms with Gasteiger partial charge in [-0.3, -0.25) is 14.5 Å². The van der Waals surface area contributed by atoms with Crippen LogP contribution in [0.5, 0.6) is 17.4 Å². The number of hydrogen-bond acceptors (Lipinski definition) is 6. The third-order valence-electron chi connectivity index (χ3n) is 6.18. The lowest BCUT2D eigenvalue weighted by molar-refractivity contribution is 0.0704. The second-order valence-corrected chi connectivity index (χ2v) is 8.49. The van der Waals surface area contributed by atoms with Crippen molar-refractivity contribution in [1.82, 2.24) is 24.6 Å². The number of nitrogens with zero attached hydrogens (tertiary/aromatic N) is 5. The van der Waals surface area contributed by atoms with Crippen LogP contribution >= 0.6 is 0 Å². The summed E-state index contributed by atoms with van der Waals surface area (Å²) in [4.78, 5) is 24.5. The summed E-state index contributed by atoms with van der Waals surface area (Å²) in [7, 11) is 1.60. The molecule has 1 saturated heterocycles. The second-order valence-electron chi connectivity index (χ2n) is 8.49. The molecule has 4 aromatic rings. The van der Waals surface area contributed by atoms with Crippen molar-refractivity contribution in [2.45, 2.75) is 25.3 Å². The van der Waals surface area contributed by atoms with E-state index in [0.717, 1.165) is 30.6 Å². The lowest BCUT2D eigenvalue weighted by Gasteiger charge is -2.33. The molecule has 2 aromatic carbocycles. The fourth-order valence-corrected chi connectivity index (χ4v) is 4.43. The number of piperidine rings is 1. The fraction of sp³-hybridized carbons (Fsp3) is 0.259. The third kappa shape index (κ3) is 5.16. The average Bonchev–Trinajstić information content (AvgIpc) is 3.42. The van der Waals surface area contributed by atoms with E-state index in [9.17, 15) is 4.79 Å². The highest BCUT2D eigenvalue weighted by molar-refractivity contribution is 5.95. The zero-order valence-electron chi connectivity index (χ0n) is 19.6. The summed E-state index contributed by atoms with van der Waals surface area (Å²) in [5.41, 5.74) is 2.48. The van der Waals surface area contributed by atoms with Crippen molar-refractivity contribution in [1.29, 1.82) is 0 Å². The summed E-state index contributed by atoms with van der Waals surface area (Å²) in [6, 6.07) is 17.1. The van der Waals surface area contributed by atoms with E-state index in [1.807, 2.05) is 70.4 Å². The Morgan fingerprint density at radius 2 is 1.89 bits per heavy atom. The molecule has 0 unspecified atom stereocenters. The van der Waals surface area contributed by atoms with E-state index in [-0.39, 0.29) is 11.8 Å². The van der Waals surface area contributed by atoms with Gasteiger partial charge in [0, 0.05) is 43.2 Å². The molecule has 2 aromatic heterocycles. The maximum absolute atomic E-state index is 13.5. The van der Waals surface area contributed by atoms with Gasteiger partial charge in [-0.2, -0.15) is 5.10 Å². The van der Waals surface area contributed by atoms with Crippen LogP contribution in [0.3, 0.4) is 0 Å². The van der Waals surface area contributed by atoms with Crippen molar-refractivity contribution in [2.24, 2.45) is 0 Å². The Morgan fingerprint density at radius 3 is 2.71 bits per heavy atom. The largest absolute Gasteiger partial charge is 0.493 e. The minimum Gasteiger partial charge on any atom is -0.493 e. The number of para-hydroxylation sites is 2. The van der Waals surface area contributed by atoms with Gasteiger partial charge in [0.25, 0.3) is 5.91 Å². The molecule has 0 aliphatic carbocycles. The van der Waals surface area contributed by atoms with Gasteiger partial charge in [0.2, 0.25) is 5.88 Å². The minimum absolute atomic E-state index is 0.0341. The summed E-state index contributed by atoms with van der Waals surface area (Å²) in [6.45, 7) is 1.86. The van der Waals surface area contributed by atoms with Crippen LogP contribution in [0.15, 0.2) is 79.4 Å². The van der Waals surface area contributed by atoms with E-state index in [4.69, 9.17) is 14.5 Å². The molecule has 1 amide bonds. The molecule has 3 heterocycles. The first-order chi connectivity index (χ1) is 17.2. The zero-order valence-corrected chi connectivity index (χ0v) is 19.6. The van der Waals surface area contributed by atoms with Gasteiger partial charge in [0.05, 0.1) is 25.5 Å². The Balaban J connectivity index is 1.32. The molecule has 1 aliphatic heterocycles. The van der Waals surface area contributed by atoms with Gasteiger partial charge >= 0.3 is 0 Å². The predicted molar refractivity (Wildman–Crippen MR) is 131 cm³/mol. The number of methoxy groups -OCH3 is 1. The lowest BCUT2D eigenvalue weighted by atomic mass is 9.94. The smallest absolute Gasteiger partial charge is 0.254 e. The number of carbonyl (C=O) groups is 1. The first-order valence-corrected chi connectivity index (χ1v) is 11.7. The first-order valence-electron chi connectivity index (χ1n) is 11.7. The Bertz CT molecular complexity index is 1290. The number of aromatic nitrogens is 4. The molecule has 0 N–H and O–H groups in total. The Hall–Kier alpha value is -4.20. The van der Waals surface area contributed by atoms with Crippen molar-refractivity contribution in [3.05, 3.63) is 96.2 Å². The molecule has 1 fully saturated rings. The van der Waals surface area contributed by atoms with E-state index in [0.29, 0.717) is 36.0 Å². The summed E-state index contributed by atoms with van der Waals surface area (Å²) < 4.78 is 13.1. The van der Waals surface area contributed by atoms with E-state index in [2.05, 4.69) is 10.1 Å². The van der Waals surface area contributed by atoms with E-state index < -0.39 is 0 Å². The molecule has 0 spiro atoms. The van der Waals surface area contributed by atoms with Crippen molar-refractivity contribution >= 4 is 5.91 Å². The third-order valence-corrected chi connectivity index (χ3v) is 6.18. The van der Waals surface area contributed by atoms with Gasteiger partial charge in [0.1, 0.15) is 0 Å². The van der Waals surface area contributed by atoms with Gasteiger partial charge in [-0.05, 0) is 42.7 Å². The zero-order chi connectivity index (χ0) is 24.0. The topological polar surface area (TPSA) is 82.4 Å². The second kappa shape index (κ2) is 10.4. The number of carbonyl (C=O) groups excluding carboxylic acids is 1. The van der Waals surface area contributed by atoms with Crippen LogP contribution in [0, 0.1) is 0 Å². The van der Waals surface area contributed by atoms with Crippen molar-refractivity contribution in [3.63, 3.8) is 0 Å². The number of likely N-dealkylation sites (tertiary alicyclic amines) is 1. The summed E-state index contributed by atoms with van der Waals surface area (Å²) in [6.07, 6.45) is 8.83. The quantitative estimate of drug-likeness (QED) is 0.395. The monoisotopic (exact) mass is 469 g/mol. The van der Waals surface area contributed by atoms with Gasteiger partial charge < -0.3 is 14.4 Å². The van der Waals surface area contributed by atoms with Crippen LogP contribution < -0.4 is 9.47 Å². The van der Waals surface area contributed by atoms with Crippen LogP contribution in [0.2, 0.25) is 0 Å². The molecular weight excluding hydrogens is 442 g/mol. The molecule has 8 nitrogen and oxygen atoms in total. The lowest BCUT2D eigenvalue weighted by Crippen LogP contribution is -2.39. The number of ether oxygens (including phenoxy) is 2. The molecule has 0 bridgehead atoms. The molecule has 8 heteroatoms. The van der Waals surface area contributed by atoms with Crippen molar-refractivity contribution in [3.8, 4) is 17.4 Å². The molecule has 178 valence electrons. The van der Waals surface area contributed by atoms with Crippen LogP contribution in [0.1, 0.15) is 40.4 Å². The SMILES string of the molecule is COc1ccccc1Oc1cncc([C@@H]2CCCN(C(=O)c3ccccc3Cn3cccn3)C2)n1. The molecule has 5 rings (SSSR count). The first kappa shape index (κ1) is 22.6. The van der Waals surface area contributed by atoms with Crippen LogP contribution in [0.4, 0.5) is 0 Å². The standard InChI is InChI=1S/C27H27N5O3/c1-34-24-11-4-5-12-25(24)35-26-17-28-16-23(30-26)21-9-6-14-31(18-21)27(33)22-10-3-2-8-20(22)19-32-15-7-13-29-32/h2-5,7-8,10-13,15-17,21H,6,9,14,18-19H2,1H3/t21-/m1/s1. The van der Waals surface area contributed by atoms with E-state index in [1.54, 1.807) is 25.7 Å². The maximum atomic E-state index is 13.5.